The molecule has 7 heteroatoms. The standard InChI is InChI=1S/C17H23N3O3S/c1-9-13-15(20-12-6-4-5-11(12)7-8-21)18-10(2)19-16(13)24-14(9)17(22)23-3/h11-12,21H,4-8H2,1-3H3,(H,18,19,20). The van der Waals surface area contributed by atoms with Crippen molar-refractivity contribution in [1.82, 2.24) is 9.97 Å². The molecule has 2 unspecified atom stereocenters. The van der Waals surface area contributed by atoms with Crippen LogP contribution in [0.15, 0.2) is 0 Å². The highest BCUT2D eigenvalue weighted by Gasteiger charge is 2.28. The average molecular weight is 349 g/mol. The number of carbonyl (C=O) groups excluding carboxylic acids is 1. The van der Waals surface area contributed by atoms with Crippen molar-refractivity contribution in [1.29, 1.82) is 0 Å². The maximum Gasteiger partial charge on any atom is 0.348 e. The van der Waals surface area contributed by atoms with Gasteiger partial charge in [-0.1, -0.05) is 6.42 Å². The number of aromatic nitrogens is 2. The Labute approximate surface area is 145 Å². The molecule has 6 nitrogen and oxygen atoms in total. The molecule has 1 fully saturated rings. The van der Waals surface area contributed by atoms with Crippen LogP contribution >= 0.6 is 11.3 Å². The average Bonchev–Trinajstić information content (AvgIpc) is 3.11. The van der Waals surface area contributed by atoms with Crippen LogP contribution in [0.3, 0.4) is 0 Å². The van der Waals surface area contributed by atoms with Crippen molar-refractivity contribution in [3.8, 4) is 0 Å². The summed E-state index contributed by atoms with van der Waals surface area (Å²) in [5.41, 5.74) is 0.862. The number of ether oxygens (including phenoxy) is 1. The molecule has 2 N–H and O–H groups in total. The van der Waals surface area contributed by atoms with Crippen molar-refractivity contribution in [2.24, 2.45) is 5.92 Å². The lowest BCUT2D eigenvalue weighted by Crippen LogP contribution is -2.25. The molecule has 24 heavy (non-hydrogen) atoms. The number of thiophene rings is 1. The second-order valence-corrected chi connectivity index (χ2v) is 7.30. The summed E-state index contributed by atoms with van der Waals surface area (Å²) >= 11 is 1.35. The Morgan fingerprint density at radius 3 is 2.88 bits per heavy atom. The Hall–Kier alpha value is -1.73. The molecule has 130 valence electrons. The number of fused-ring (bicyclic) bond motifs is 1. The van der Waals surface area contributed by atoms with E-state index in [2.05, 4.69) is 15.3 Å². The van der Waals surface area contributed by atoms with Crippen LogP contribution in [-0.2, 0) is 4.74 Å². The fourth-order valence-electron chi connectivity index (χ4n) is 3.55. The van der Waals surface area contributed by atoms with E-state index < -0.39 is 0 Å². The highest BCUT2D eigenvalue weighted by Crippen LogP contribution is 2.37. The van der Waals surface area contributed by atoms with Gasteiger partial charge >= 0.3 is 5.97 Å². The molecule has 0 bridgehead atoms. The number of nitrogens with zero attached hydrogens (tertiary/aromatic N) is 2. The van der Waals surface area contributed by atoms with Gasteiger partial charge in [-0.05, 0) is 44.6 Å². The molecular formula is C17H23N3O3S. The number of aliphatic hydroxyl groups excluding tert-OH is 1. The third-order valence-corrected chi connectivity index (χ3v) is 5.92. The van der Waals surface area contributed by atoms with E-state index in [0.29, 0.717) is 22.7 Å². The van der Waals surface area contributed by atoms with E-state index in [1.165, 1.54) is 18.4 Å². The summed E-state index contributed by atoms with van der Waals surface area (Å²) in [6, 6.07) is 0.301. The number of methoxy groups -OCH3 is 1. The maximum atomic E-state index is 12.0. The molecule has 3 rings (SSSR count). The summed E-state index contributed by atoms with van der Waals surface area (Å²) in [6.07, 6.45) is 4.16. The van der Waals surface area contributed by atoms with Gasteiger partial charge in [-0.3, -0.25) is 0 Å². The molecule has 1 saturated carbocycles. The Morgan fingerprint density at radius 1 is 1.38 bits per heavy atom. The van der Waals surface area contributed by atoms with Crippen molar-refractivity contribution in [2.75, 3.05) is 19.0 Å². The number of esters is 1. The molecule has 0 aromatic carbocycles. The Balaban J connectivity index is 2.00. The van der Waals surface area contributed by atoms with Gasteiger partial charge in [-0.25, -0.2) is 14.8 Å². The van der Waals surface area contributed by atoms with E-state index in [1.807, 2.05) is 13.8 Å². The zero-order valence-electron chi connectivity index (χ0n) is 14.3. The zero-order valence-corrected chi connectivity index (χ0v) is 15.1. The first-order valence-electron chi connectivity index (χ1n) is 8.28. The van der Waals surface area contributed by atoms with E-state index in [4.69, 9.17) is 4.74 Å². The Kier molecular flexibility index (Phi) is 5.01. The lowest BCUT2D eigenvalue weighted by molar-refractivity contribution is 0.0605. The molecule has 2 aromatic rings. The van der Waals surface area contributed by atoms with Crippen LogP contribution < -0.4 is 5.32 Å². The SMILES string of the molecule is COC(=O)c1sc2nc(C)nc(NC3CCCC3CCO)c2c1C. The largest absolute Gasteiger partial charge is 0.465 e. The molecule has 2 heterocycles. The van der Waals surface area contributed by atoms with E-state index in [0.717, 1.165) is 47.3 Å². The molecule has 0 amide bonds. The molecule has 1 aliphatic carbocycles. The molecule has 2 atom stereocenters. The van der Waals surface area contributed by atoms with Gasteiger partial charge in [0.25, 0.3) is 0 Å². The second-order valence-electron chi connectivity index (χ2n) is 6.30. The van der Waals surface area contributed by atoms with E-state index in [1.54, 1.807) is 0 Å². The quantitative estimate of drug-likeness (QED) is 0.807. The van der Waals surface area contributed by atoms with Gasteiger partial charge < -0.3 is 15.2 Å². The summed E-state index contributed by atoms with van der Waals surface area (Å²) in [6.45, 7) is 3.98. The molecule has 0 saturated heterocycles. The topological polar surface area (TPSA) is 84.3 Å². The van der Waals surface area contributed by atoms with E-state index in [9.17, 15) is 9.90 Å². The molecule has 0 aliphatic heterocycles. The number of anilines is 1. The number of hydrogen-bond donors (Lipinski definition) is 2. The van der Waals surface area contributed by atoms with Crippen molar-refractivity contribution < 1.29 is 14.6 Å². The normalized spacial score (nSPS) is 20.5. The number of rotatable bonds is 5. The van der Waals surface area contributed by atoms with Gasteiger partial charge in [0.2, 0.25) is 0 Å². The van der Waals surface area contributed by atoms with Gasteiger partial charge in [0.1, 0.15) is 21.3 Å². The Morgan fingerprint density at radius 2 is 2.17 bits per heavy atom. The maximum absolute atomic E-state index is 12.0. The first kappa shape index (κ1) is 17.1. The van der Waals surface area contributed by atoms with Crippen molar-refractivity contribution in [3.63, 3.8) is 0 Å². The van der Waals surface area contributed by atoms with Crippen molar-refractivity contribution in [2.45, 2.75) is 45.6 Å². The number of nitrogens with one attached hydrogen (secondary N) is 1. The first-order valence-corrected chi connectivity index (χ1v) is 9.10. The van der Waals surface area contributed by atoms with E-state index in [-0.39, 0.29) is 12.6 Å². The summed E-state index contributed by atoms with van der Waals surface area (Å²) in [5.74, 6) is 1.59. The first-order chi connectivity index (χ1) is 11.5. The number of aryl methyl sites for hydroxylation is 2. The molecule has 2 aromatic heterocycles. The smallest absolute Gasteiger partial charge is 0.348 e. The summed E-state index contributed by atoms with van der Waals surface area (Å²) in [7, 11) is 1.39. The van der Waals surface area contributed by atoms with Crippen LogP contribution in [0.1, 0.15) is 46.7 Å². The minimum Gasteiger partial charge on any atom is -0.465 e. The van der Waals surface area contributed by atoms with Gasteiger partial charge in [0.05, 0.1) is 12.5 Å². The summed E-state index contributed by atoms with van der Waals surface area (Å²) in [4.78, 5) is 22.4. The third-order valence-electron chi connectivity index (χ3n) is 4.75. The fourth-order valence-corrected chi connectivity index (χ4v) is 4.70. The minimum atomic E-state index is -0.335. The van der Waals surface area contributed by atoms with Crippen LogP contribution in [0.25, 0.3) is 10.2 Å². The van der Waals surface area contributed by atoms with Crippen LogP contribution in [0.2, 0.25) is 0 Å². The molecule has 0 radical (unpaired) electrons. The molecule has 1 aliphatic rings. The summed E-state index contributed by atoms with van der Waals surface area (Å²) in [5, 5.41) is 13.7. The van der Waals surface area contributed by atoms with Gasteiger partial charge in [-0.2, -0.15) is 0 Å². The highest BCUT2D eigenvalue weighted by atomic mass is 32.1. The monoisotopic (exact) mass is 349 g/mol. The van der Waals surface area contributed by atoms with Gasteiger partial charge in [0, 0.05) is 12.6 Å². The number of hydrogen-bond acceptors (Lipinski definition) is 7. The highest BCUT2D eigenvalue weighted by molar-refractivity contribution is 7.20. The molecular weight excluding hydrogens is 326 g/mol. The number of carbonyl (C=O) groups is 1. The van der Waals surface area contributed by atoms with Crippen LogP contribution in [0, 0.1) is 19.8 Å². The van der Waals surface area contributed by atoms with Crippen molar-refractivity contribution in [3.05, 3.63) is 16.3 Å². The lowest BCUT2D eigenvalue weighted by Gasteiger charge is -2.21. The van der Waals surface area contributed by atoms with E-state index >= 15 is 0 Å². The predicted molar refractivity (Wildman–Crippen MR) is 94.7 cm³/mol. The van der Waals surface area contributed by atoms with Crippen LogP contribution in [0.5, 0.6) is 0 Å². The van der Waals surface area contributed by atoms with Gasteiger partial charge in [-0.15, -0.1) is 11.3 Å². The molecule has 0 spiro atoms. The second kappa shape index (κ2) is 7.03. The minimum absolute atomic E-state index is 0.213. The van der Waals surface area contributed by atoms with Gasteiger partial charge in [0.15, 0.2) is 0 Å². The lowest BCUT2D eigenvalue weighted by atomic mass is 10.00. The predicted octanol–water partition coefficient (Wildman–Crippen LogP) is 3.06. The number of aliphatic hydroxyl groups is 1. The van der Waals surface area contributed by atoms with Crippen molar-refractivity contribution >= 4 is 33.3 Å². The third kappa shape index (κ3) is 3.10. The van der Waals surface area contributed by atoms with Crippen LogP contribution in [0.4, 0.5) is 5.82 Å². The Bertz CT molecular complexity index is 759. The zero-order chi connectivity index (χ0) is 17.3. The van der Waals surface area contributed by atoms with Crippen LogP contribution in [-0.4, -0.2) is 40.8 Å². The fraction of sp³-hybridized carbons (Fsp3) is 0.588. The summed E-state index contributed by atoms with van der Waals surface area (Å²) < 4.78 is 4.87.